The van der Waals surface area contributed by atoms with E-state index in [0.29, 0.717) is 11.5 Å². The Morgan fingerprint density at radius 2 is 2.05 bits per heavy atom. The van der Waals surface area contributed by atoms with Crippen LogP contribution < -0.4 is 5.32 Å². The van der Waals surface area contributed by atoms with Crippen LogP contribution >= 0.6 is 27.3 Å². The average molecular weight is 346 g/mol. The molecule has 19 heavy (non-hydrogen) atoms. The van der Waals surface area contributed by atoms with Crippen LogP contribution in [-0.2, 0) is 6.42 Å². The van der Waals surface area contributed by atoms with Crippen molar-refractivity contribution in [1.29, 1.82) is 0 Å². The highest BCUT2D eigenvalue weighted by atomic mass is 79.9. The molecule has 2 unspecified atom stereocenters. The molecule has 0 bridgehead atoms. The van der Waals surface area contributed by atoms with Crippen LogP contribution in [-0.4, -0.2) is 12.6 Å². The highest BCUT2D eigenvalue weighted by Crippen LogP contribution is 2.28. The molecule has 0 spiro atoms. The summed E-state index contributed by atoms with van der Waals surface area (Å²) in [5, 5.41) is 5.83. The van der Waals surface area contributed by atoms with Crippen molar-refractivity contribution in [2.24, 2.45) is 11.3 Å². The number of hydrogen-bond acceptors (Lipinski definition) is 2. The second-order valence-corrected chi connectivity index (χ2v) is 8.71. The molecule has 0 fully saturated rings. The van der Waals surface area contributed by atoms with Gasteiger partial charge in [0, 0.05) is 20.8 Å². The van der Waals surface area contributed by atoms with E-state index in [4.69, 9.17) is 0 Å². The largest absolute Gasteiger partial charge is 0.314 e. The molecule has 0 aliphatic rings. The third-order valence-electron chi connectivity index (χ3n) is 3.21. The molecule has 0 amide bonds. The SMILES string of the molecule is CCNC(Cc1cc(Br)cs1)CC(C)CC(C)(C)C. The molecule has 2 atom stereocenters. The summed E-state index contributed by atoms with van der Waals surface area (Å²) >= 11 is 5.40. The Kier molecular flexibility index (Phi) is 7.06. The van der Waals surface area contributed by atoms with Gasteiger partial charge in [-0.2, -0.15) is 0 Å². The maximum Gasteiger partial charge on any atom is 0.0285 e. The number of halogens is 1. The van der Waals surface area contributed by atoms with E-state index in [1.165, 1.54) is 22.2 Å². The first-order valence-corrected chi connectivity index (χ1v) is 8.93. The van der Waals surface area contributed by atoms with Crippen molar-refractivity contribution in [3.05, 3.63) is 20.8 Å². The second-order valence-electron chi connectivity index (χ2n) is 6.80. The third kappa shape index (κ3) is 7.48. The van der Waals surface area contributed by atoms with Crippen molar-refractivity contribution >= 4 is 27.3 Å². The van der Waals surface area contributed by atoms with Gasteiger partial charge < -0.3 is 5.32 Å². The molecule has 0 aliphatic carbocycles. The molecule has 1 aromatic rings. The van der Waals surface area contributed by atoms with Crippen LogP contribution in [0.2, 0.25) is 0 Å². The predicted octanol–water partition coefficient (Wildman–Crippen LogP) is 5.49. The quantitative estimate of drug-likeness (QED) is 0.688. The van der Waals surface area contributed by atoms with Gasteiger partial charge in [0.05, 0.1) is 0 Å². The maximum atomic E-state index is 3.65. The van der Waals surface area contributed by atoms with Crippen LogP contribution in [0.3, 0.4) is 0 Å². The van der Waals surface area contributed by atoms with Gasteiger partial charge >= 0.3 is 0 Å². The van der Waals surface area contributed by atoms with E-state index >= 15 is 0 Å². The topological polar surface area (TPSA) is 12.0 Å². The molecule has 3 heteroatoms. The zero-order valence-electron chi connectivity index (χ0n) is 12.9. The van der Waals surface area contributed by atoms with Crippen LogP contribution in [0.1, 0.15) is 52.3 Å². The molecule has 1 nitrogen and oxygen atoms in total. The normalized spacial score (nSPS) is 15.5. The van der Waals surface area contributed by atoms with E-state index in [9.17, 15) is 0 Å². The van der Waals surface area contributed by atoms with Gasteiger partial charge in [-0.15, -0.1) is 11.3 Å². The van der Waals surface area contributed by atoms with Crippen molar-refractivity contribution in [3.8, 4) is 0 Å². The third-order valence-corrected chi connectivity index (χ3v) is 4.93. The number of nitrogens with one attached hydrogen (secondary N) is 1. The zero-order valence-corrected chi connectivity index (χ0v) is 15.3. The Morgan fingerprint density at radius 1 is 1.37 bits per heavy atom. The molecule has 0 radical (unpaired) electrons. The van der Waals surface area contributed by atoms with Crippen molar-refractivity contribution in [1.82, 2.24) is 5.32 Å². The summed E-state index contributed by atoms with van der Waals surface area (Å²) < 4.78 is 1.21. The molecule has 1 rings (SSSR count). The monoisotopic (exact) mass is 345 g/mol. The first-order chi connectivity index (χ1) is 8.80. The molecule has 1 aromatic heterocycles. The highest BCUT2D eigenvalue weighted by molar-refractivity contribution is 9.10. The second kappa shape index (κ2) is 7.80. The fourth-order valence-corrected chi connectivity index (χ4v) is 4.38. The van der Waals surface area contributed by atoms with Crippen LogP contribution in [0, 0.1) is 11.3 Å². The molecular weight excluding hydrogens is 318 g/mol. The van der Waals surface area contributed by atoms with Crippen molar-refractivity contribution in [3.63, 3.8) is 0 Å². The fraction of sp³-hybridized carbons (Fsp3) is 0.750. The van der Waals surface area contributed by atoms with Crippen LogP contribution in [0.4, 0.5) is 0 Å². The highest BCUT2D eigenvalue weighted by Gasteiger charge is 2.19. The molecule has 0 saturated heterocycles. The minimum Gasteiger partial charge on any atom is -0.314 e. The lowest BCUT2D eigenvalue weighted by atomic mass is 9.82. The summed E-state index contributed by atoms with van der Waals surface area (Å²) in [4.78, 5) is 1.47. The lowest BCUT2D eigenvalue weighted by Gasteiger charge is -2.27. The van der Waals surface area contributed by atoms with E-state index in [0.717, 1.165) is 18.9 Å². The Balaban J connectivity index is 2.52. The molecule has 0 aromatic carbocycles. The van der Waals surface area contributed by atoms with Gasteiger partial charge in [0.2, 0.25) is 0 Å². The van der Waals surface area contributed by atoms with Gasteiger partial charge in [-0.05, 0) is 59.1 Å². The lowest BCUT2D eigenvalue weighted by Crippen LogP contribution is -2.33. The molecule has 1 N–H and O–H groups in total. The van der Waals surface area contributed by atoms with Crippen LogP contribution in [0.5, 0.6) is 0 Å². The summed E-state index contributed by atoms with van der Waals surface area (Å²) in [7, 11) is 0. The molecule has 110 valence electrons. The van der Waals surface area contributed by atoms with Crippen molar-refractivity contribution in [2.75, 3.05) is 6.54 Å². The molecule has 0 aliphatic heterocycles. The number of rotatable bonds is 7. The first kappa shape index (κ1) is 17.2. The van der Waals surface area contributed by atoms with Gasteiger partial charge in [0.25, 0.3) is 0 Å². The number of thiophene rings is 1. The van der Waals surface area contributed by atoms with Crippen molar-refractivity contribution in [2.45, 2.75) is 59.9 Å². The Bertz CT molecular complexity index is 367. The van der Waals surface area contributed by atoms with Crippen molar-refractivity contribution < 1.29 is 0 Å². The minimum atomic E-state index is 0.433. The Labute approximate surface area is 131 Å². The van der Waals surface area contributed by atoms with E-state index in [1.807, 2.05) is 11.3 Å². The van der Waals surface area contributed by atoms with Gasteiger partial charge in [0.15, 0.2) is 0 Å². The number of hydrogen-bond donors (Lipinski definition) is 1. The van der Waals surface area contributed by atoms with Gasteiger partial charge in [-0.1, -0.05) is 34.6 Å². The summed E-state index contributed by atoms with van der Waals surface area (Å²) in [6.45, 7) is 12.7. The van der Waals surface area contributed by atoms with E-state index in [1.54, 1.807) is 0 Å². The maximum absolute atomic E-state index is 3.65. The standard InChI is InChI=1S/C16H28BrNS/c1-6-18-14(7-12(2)10-16(3,4)5)9-15-8-13(17)11-19-15/h8,11-12,14,18H,6-7,9-10H2,1-5H3. The Morgan fingerprint density at radius 3 is 2.53 bits per heavy atom. The summed E-state index contributed by atoms with van der Waals surface area (Å²) in [5.41, 5.74) is 0.433. The fourth-order valence-electron chi connectivity index (χ4n) is 2.85. The predicted molar refractivity (Wildman–Crippen MR) is 91.0 cm³/mol. The Hall–Kier alpha value is 0.140. The first-order valence-electron chi connectivity index (χ1n) is 7.26. The molecular formula is C16H28BrNS. The molecule has 1 heterocycles. The van der Waals surface area contributed by atoms with Gasteiger partial charge in [0.1, 0.15) is 0 Å². The van der Waals surface area contributed by atoms with Crippen LogP contribution in [0.15, 0.2) is 15.9 Å². The summed E-state index contributed by atoms with van der Waals surface area (Å²) in [6, 6.07) is 2.86. The van der Waals surface area contributed by atoms with E-state index < -0.39 is 0 Å². The average Bonchev–Trinajstić information content (AvgIpc) is 2.61. The summed E-state index contributed by atoms with van der Waals surface area (Å²) in [6.07, 6.45) is 3.71. The lowest BCUT2D eigenvalue weighted by molar-refractivity contribution is 0.275. The summed E-state index contributed by atoms with van der Waals surface area (Å²) in [5.74, 6) is 0.771. The van der Waals surface area contributed by atoms with E-state index in [-0.39, 0.29) is 0 Å². The van der Waals surface area contributed by atoms with Gasteiger partial charge in [-0.3, -0.25) is 0 Å². The smallest absolute Gasteiger partial charge is 0.0285 e. The minimum absolute atomic E-state index is 0.433. The van der Waals surface area contributed by atoms with E-state index in [2.05, 4.69) is 67.3 Å². The van der Waals surface area contributed by atoms with Crippen LogP contribution in [0.25, 0.3) is 0 Å². The van der Waals surface area contributed by atoms with Gasteiger partial charge in [-0.25, -0.2) is 0 Å². The number of likely N-dealkylation sites (N-methyl/N-ethyl adjacent to an activating group) is 1. The molecule has 0 saturated carbocycles. The zero-order chi connectivity index (χ0) is 14.5.